The zero-order valence-corrected chi connectivity index (χ0v) is 10.2. The van der Waals surface area contributed by atoms with Crippen LogP contribution in [0.1, 0.15) is 44.9 Å². The van der Waals surface area contributed by atoms with Crippen molar-refractivity contribution in [3.63, 3.8) is 0 Å². The third-order valence-electron chi connectivity index (χ3n) is 3.58. The number of nitrogens with zero attached hydrogens (tertiary/aromatic N) is 3. The van der Waals surface area contributed by atoms with Gasteiger partial charge >= 0.3 is 0 Å². The fourth-order valence-corrected chi connectivity index (χ4v) is 2.67. The summed E-state index contributed by atoms with van der Waals surface area (Å²) < 4.78 is 0. The summed E-state index contributed by atoms with van der Waals surface area (Å²) in [4.78, 5) is 2.01. The summed E-state index contributed by atoms with van der Waals surface area (Å²) in [5, 5.41) is 8.78. The molecule has 0 N–H and O–H groups in total. The molecular weight excluding hydrogens is 206 g/mol. The van der Waals surface area contributed by atoms with E-state index in [0.717, 1.165) is 12.3 Å². The van der Waals surface area contributed by atoms with Crippen LogP contribution < -0.4 is 0 Å². The number of azo groups is 1. The van der Waals surface area contributed by atoms with E-state index in [-0.39, 0.29) is 6.17 Å². The Bertz CT molecular complexity index is 259. The fourth-order valence-electron chi connectivity index (χ4n) is 2.50. The van der Waals surface area contributed by atoms with Gasteiger partial charge in [-0.1, -0.05) is 32.1 Å². The summed E-state index contributed by atoms with van der Waals surface area (Å²) in [5.41, 5.74) is 0. The average Bonchev–Trinajstić information content (AvgIpc) is 2.59. The van der Waals surface area contributed by atoms with Gasteiger partial charge in [-0.2, -0.15) is 5.11 Å². The monoisotopic (exact) mass is 225 g/mol. The second-order valence-corrected chi connectivity index (χ2v) is 5.04. The van der Waals surface area contributed by atoms with Crippen LogP contribution in [0, 0.1) is 5.92 Å². The number of hydrogen-bond acceptors (Lipinski definition) is 2. The molecule has 84 valence electrons. The molecule has 1 saturated carbocycles. The highest BCUT2D eigenvalue weighted by molar-refractivity contribution is 7.80. The number of thiocarbonyl (C=S) groups is 1. The molecule has 15 heavy (non-hydrogen) atoms. The molecule has 0 radical (unpaired) electrons. The Balaban J connectivity index is 1.73. The molecule has 2 rings (SSSR count). The molecule has 0 aromatic rings. The van der Waals surface area contributed by atoms with Crippen molar-refractivity contribution in [2.75, 3.05) is 7.05 Å². The Morgan fingerprint density at radius 3 is 2.60 bits per heavy atom. The van der Waals surface area contributed by atoms with Crippen LogP contribution in [-0.4, -0.2) is 23.2 Å². The van der Waals surface area contributed by atoms with Crippen LogP contribution >= 0.6 is 12.2 Å². The van der Waals surface area contributed by atoms with Gasteiger partial charge in [-0.15, -0.1) is 5.11 Å². The van der Waals surface area contributed by atoms with Gasteiger partial charge in [-0.25, -0.2) is 0 Å². The maximum atomic E-state index is 5.05. The first-order chi connectivity index (χ1) is 7.27. The molecule has 1 unspecified atom stereocenters. The van der Waals surface area contributed by atoms with Crippen molar-refractivity contribution in [2.45, 2.75) is 51.1 Å². The molecule has 1 fully saturated rings. The minimum atomic E-state index is 0.222. The van der Waals surface area contributed by atoms with Crippen LogP contribution in [0.25, 0.3) is 0 Å². The van der Waals surface area contributed by atoms with E-state index in [1.807, 2.05) is 11.9 Å². The molecule has 0 aromatic heterocycles. The highest BCUT2D eigenvalue weighted by Crippen LogP contribution is 2.29. The van der Waals surface area contributed by atoms with E-state index in [1.165, 1.54) is 38.5 Å². The first-order valence-electron chi connectivity index (χ1n) is 5.95. The van der Waals surface area contributed by atoms with Gasteiger partial charge in [0.25, 0.3) is 0 Å². The molecule has 2 aliphatic rings. The molecule has 0 aromatic carbocycles. The third kappa shape index (κ3) is 2.74. The quantitative estimate of drug-likeness (QED) is 0.689. The second kappa shape index (κ2) is 5.01. The molecular formula is C11H19N3S. The van der Waals surface area contributed by atoms with Gasteiger partial charge in [0.05, 0.1) is 0 Å². The summed E-state index contributed by atoms with van der Waals surface area (Å²) >= 11 is 5.05. The summed E-state index contributed by atoms with van der Waals surface area (Å²) in [6.07, 6.45) is 9.73. The van der Waals surface area contributed by atoms with Gasteiger partial charge in [-0.05, 0) is 31.0 Å². The van der Waals surface area contributed by atoms with Gasteiger partial charge < -0.3 is 4.90 Å². The van der Waals surface area contributed by atoms with Crippen molar-refractivity contribution in [1.29, 1.82) is 0 Å². The molecule has 1 heterocycles. The largest absolute Gasteiger partial charge is 0.325 e. The van der Waals surface area contributed by atoms with Crippen molar-refractivity contribution < 1.29 is 0 Å². The lowest BCUT2D eigenvalue weighted by Crippen LogP contribution is -2.29. The Kier molecular flexibility index (Phi) is 3.67. The Labute approximate surface area is 96.9 Å². The van der Waals surface area contributed by atoms with Crippen LogP contribution in [0.15, 0.2) is 10.2 Å². The van der Waals surface area contributed by atoms with E-state index in [4.69, 9.17) is 12.2 Å². The Hall–Kier alpha value is -0.510. The average molecular weight is 225 g/mol. The molecule has 4 heteroatoms. The molecule has 1 atom stereocenters. The van der Waals surface area contributed by atoms with Crippen LogP contribution in [-0.2, 0) is 0 Å². The minimum absolute atomic E-state index is 0.222. The topological polar surface area (TPSA) is 28.0 Å². The van der Waals surface area contributed by atoms with E-state index in [1.54, 1.807) is 0 Å². The standard InChI is InChI=1S/C11H19N3S/c1-14-10(12-13-11(14)15)8-7-9-5-3-2-4-6-9/h9-10H,2-8H2,1H3. The van der Waals surface area contributed by atoms with Crippen LogP contribution in [0.2, 0.25) is 0 Å². The van der Waals surface area contributed by atoms with Crippen molar-refractivity contribution in [3.8, 4) is 0 Å². The summed E-state index contributed by atoms with van der Waals surface area (Å²) in [6.45, 7) is 0. The predicted molar refractivity (Wildman–Crippen MR) is 64.8 cm³/mol. The van der Waals surface area contributed by atoms with Gasteiger partial charge in [0.1, 0.15) is 6.17 Å². The summed E-state index contributed by atoms with van der Waals surface area (Å²) in [5.74, 6) is 0.927. The summed E-state index contributed by atoms with van der Waals surface area (Å²) in [7, 11) is 1.99. The van der Waals surface area contributed by atoms with Crippen LogP contribution in [0.4, 0.5) is 0 Å². The lowest BCUT2D eigenvalue weighted by Gasteiger charge is -2.24. The minimum Gasteiger partial charge on any atom is -0.325 e. The third-order valence-corrected chi connectivity index (χ3v) is 3.95. The lowest BCUT2D eigenvalue weighted by atomic mass is 9.86. The first-order valence-corrected chi connectivity index (χ1v) is 6.36. The van der Waals surface area contributed by atoms with Gasteiger partial charge in [-0.3, -0.25) is 0 Å². The van der Waals surface area contributed by atoms with E-state index in [2.05, 4.69) is 10.2 Å². The molecule has 0 amide bonds. The molecule has 0 bridgehead atoms. The van der Waals surface area contributed by atoms with E-state index < -0.39 is 0 Å². The maximum absolute atomic E-state index is 5.05. The highest BCUT2D eigenvalue weighted by Gasteiger charge is 2.23. The van der Waals surface area contributed by atoms with Crippen molar-refractivity contribution in [3.05, 3.63) is 0 Å². The molecule has 0 spiro atoms. The van der Waals surface area contributed by atoms with Gasteiger partial charge in [0.2, 0.25) is 5.11 Å². The molecule has 1 aliphatic carbocycles. The zero-order chi connectivity index (χ0) is 10.7. The maximum Gasteiger partial charge on any atom is 0.217 e. The number of hydrogen-bond donors (Lipinski definition) is 0. The highest BCUT2D eigenvalue weighted by atomic mass is 32.1. The van der Waals surface area contributed by atoms with E-state index in [0.29, 0.717) is 5.11 Å². The Morgan fingerprint density at radius 2 is 2.00 bits per heavy atom. The predicted octanol–water partition coefficient (Wildman–Crippen LogP) is 3.36. The number of rotatable bonds is 3. The zero-order valence-electron chi connectivity index (χ0n) is 9.35. The molecule has 0 saturated heterocycles. The van der Waals surface area contributed by atoms with Gasteiger partial charge in [0.15, 0.2) is 0 Å². The fraction of sp³-hybridized carbons (Fsp3) is 0.909. The summed E-state index contributed by atoms with van der Waals surface area (Å²) in [6, 6.07) is 0. The SMILES string of the molecule is CN1C(=S)N=NC1CCC1CCCCC1. The van der Waals surface area contributed by atoms with Crippen molar-refractivity contribution >= 4 is 17.3 Å². The van der Waals surface area contributed by atoms with Crippen LogP contribution in [0.3, 0.4) is 0 Å². The Morgan fingerprint density at radius 1 is 1.27 bits per heavy atom. The van der Waals surface area contributed by atoms with E-state index in [9.17, 15) is 0 Å². The van der Waals surface area contributed by atoms with Crippen molar-refractivity contribution in [2.24, 2.45) is 16.1 Å². The molecule has 3 nitrogen and oxygen atoms in total. The van der Waals surface area contributed by atoms with Crippen LogP contribution in [0.5, 0.6) is 0 Å². The normalized spacial score (nSPS) is 27.7. The smallest absolute Gasteiger partial charge is 0.217 e. The lowest BCUT2D eigenvalue weighted by molar-refractivity contribution is 0.289. The van der Waals surface area contributed by atoms with E-state index >= 15 is 0 Å². The first kappa shape index (κ1) is 11.0. The molecule has 1 aliphatic heterocycles. The van der Waals surface area contributed by atoms with Gasteiger partial charge in [0, 0.05) is 7.05 Å². The second-order valence-electron chi connectivity index (χ2n) is 4.67. The van der Waals surface area contributed by atoms with Crippen molar-refractivity contribution in [1.82, 2.24) is 4.90 Å².